The molecule has 0 unspecified atom stereocenters. The van der Waals surface area contributed by atoms with Crippen LogP contribution in [0.5, 0.6) is 0 Å². The Bertz CT molecular complexity index is 617. The highest BCUT2D eigenvalue weighted by atomic mass is 32.2. The maximum absolute atomic E-state index is 12.5. The fraction of sp³-hybridized carbons (Fsp3) is 0.667. The smallest absolute Gasteiger partial charge is 0.260 e. The molecule has 1 saturated heterocycles. The Kier molecular flexibility index (Phi) is 4.66. The fourth-order valence-corrected chi connectivity index (χ4v) is 4.07. The summed E-state index contributed by atoms with van der Waals surface area (Å²) in [6, 6.07) is 0. The third-order valence-electron chi connectivity index (χ3n) is 3.89. The van der Waals surface area contributed by atoms with Crippen LogP contribution in [0, 0.1) is 0 Å². The first-order valence-electron chi connectivity index (χ1n) is 6.83. The number of aromatic nitrogens is 2. The van der Waals surface area contributed by atoms with Gasteiger partial charge in [-0.15, -0.1) is 0 Å². The summed E-state index contributed by atoms with van der Waals surface area (Å²) in [5.41, 5.74) is 4.96. The van der Waals surface area contributed by atoms with E-state index in [0.29, 0.717) is 19.4 Å². The highest BCUT2D eigenvalue weighted by Crippen LogP contribution is 2.24. The summed E-state index contributed by atoms with van der Waals surface area (Å²) in [6.07, 6.45) is 4.13. The zero-order chi connectivity index (χ0) is 15.7. The Morgan fingerprint density at radius 3 is 2.62 bits per heavy atom. The highest BCUT2D eigenvalue weighted by molar-refractivity contribution is 7.89. The molecule has 0 bridgehead atoms. The summed E-state index contributed by atoms with van der Waals surface area (Å²) in [7, 11) is -1.75. The van der Waals surface area contributed by atoms with Crippen LogP contribution >= 0.6 is 12.2 Å². The first kappa shape index (κ1) is 16.3. The van der Waals surface area contributed by atoms with Crippen LogP contribution in [0.15, 0.2) is 17.6 Å². The Morgan fingerprint density at radius 1 is 1.52 bits per heavy atom. The highest BCUT2D eigenvalue weighted by Gasteiger charge is 2.40. The number of hydrogen-bond donors (Lipinski definition) is 2. The van der Waals surface area contributed by atoms with E-state index in [2.05, 4.69) is 14.6 Å². The quantitative estimate of drug-likeness (QED) is 0.734. The molecule has 1 aromatic rings. The zero-order valence-corrected chi connectivity index (χ0v) is 13.9. The number of imidazole rings is 1. The molecule has 0 aromatic carbocycles. The summed E-state index contributed by atoms with van der Waals surface area (Å²) < 4.78 is 29.4. The molecule has 2 heterocycles. The van der Waals surface area contributed by atoms with Crippen molar-refractivity contribution in [3.05, 3.63) is 12.5 Å². The number of piperidine rings is 1. The predicted molar refractivity (Wildman–Crippen MR) is 84.5 cm³/mol. The van der Waals surface area contributed by atoms with E-state index in [1.807, 2.05) is 14.0 Å². The summed E-state index contributed by atoms with van der Waals surface area (Å²) in [5, 5.41) is -0.00102. The lowest BCUT2D eigenvalue weighted by Gasteiger charge is -2.39. The second-order valence-corrected chi connectivity index (χ2v) is 7.47. The van der Waals surface area contributed by atoms with Gasteiger partial charge in [0.05, 0.1) is 16.9 Å². The molecular formula is C12H21N5O2S2. The van der Waals surface area contributed by atoms with Crippen LogP contribution in [0.4, 0.5) is 0 Å². The largest absolute Gasteiger partial charge is 0.392 e. The van der Waals surface area contributed by atoms with E-state index in [1.54, 1.807) is 4.57 Å². The lowest BCUT2D eigenvalue weighted by atomic mass is 9.89. The molecule has 0 radical (unpaired) electrons. The molecule has 2 rings (SSSR count). The van der Waals surface area contributed by atoms with Crippen molar-refractivity contribution in [1.29, 1.82) is 0 Å². The number of hydrogen-bond acceptors (Lipinski definition) is 5. The molecule has 0 aliphatic carbocycles. The Morgan fingerprint density at radius 2 is 2.14 bits per heavy atom. The van der Waals surface area contributed by atoms with Crippen LogP contribution in [-0.2, 0) is 16.6 Å². The van der Waals surface area contributed by atoms with Gasteiger partial charge in [0, 0.05) is 25.8 Å². The standard InChI is InChI=1S/C12H21N5O2S2/c1-3-17-8-10(14-9-17)21(18,19)15-12(11(13)20)4-6-16(2)7-5-12/h8-9,15H,3-7H2,1-2H3,(H2,13,20). The zero-order valence-electron chi connectivity index (χ0n) is 12.2. The van der Waals surface area contributed by atoms with Crippen LogP contribution in [0.1, 0.15) is 19.8 Å². The molecule has 118 valence electrons. The molecule has 1 aromatic heterocycles. The lowest BCUT2D eigenvalue weighted by Crippen LogP contribution is -2.61. The first-order chi connectivity index (χ1) is 9.79. The van der Waals surface area contributed by atoms with Crippen LogP contribution in [-0.4, -0.2) is 53.5 Å². The van der Waals surface area contributed by atoms with Gasteiger partial charge in [0.15, 0.2) is 5.03 Å². The van der Waals surface area contributed by atoms with Gasteiger partial charge in [0.25, 0.3) is 10.0 Å². The molecule has 0 saturated carbocycles. The third-order valence-corrected chi connectivity index (χ3v) is 5.70. The fourth-order valence-electron chi connectivity index (χ4n) is 2.36. The Hall–Kier alpha value is -1.03. The van der Waals surface area contributed by atoms with Crippen molar-refractivity contribution >= 4 is 27.2 Å². The SMILES string of the molecule is CCn1cnc(S(=O)(=O)NC2(C(N)=S)CCN(C)CC2)c1. The number of likely N-dealkylation sites (tertiary alicyclic amines) is 1. The minimum absolute atomic E-state index is 0.00102. The maximum atomic E-state index is 12.5. The second-order valence-electron chi connectivity index (χ2n) is 5.40. The number of nitrogens with zero attached hydrogens (tertiary/aromatic N) is 3. The minimum atomic E-state index is -3.74. The van der Waals surface area contributed by atoms with Crippen molar-refractivity contribution in [2.24, 2.45) is 5.73 Å². The van der Waals surface area contributed by atoms with Crippen LogP contribution in [0.25, 0.3) is 0 Å². The predicted octanol–water partition coefficient (Wildman–Crippen LogP) is -0.0682. The van der Waals surface area contributed by atoms with E-state index in [0.717, 1.165) is 13.1 Å². The summed E-state index contributed by atoms with van der Waals surface area (Å²) >= 11 is 5.12. The monoisotopic (exact) mass is 331 g/mol. The van der Waals surface area contributed by atoms with Gasteiger partial charge in [0.1, 0.15) is 0 Å². The van der Waals surface area contributed by atoms with E-state index in [1.165, 1.54) is 12.5 Å². The molecule has 1 aliphatic rings. The summed E-state index contributed by atoms with van der Waals surface area (Å²) in [6.45, 7) is 4.05. The van der Waals surface area contributed by atoms with Crippen molar-refractivity contribution < 1.29 is 8.42 Å². The average molecular weight is 331 g/mol. The van der Waals surface area contributed by atoms with Crippen molar-refractivity contribution in [1.82, 2.24) is 19.2 Å². The molecule has 21 heavy (non-hydrogen) atoms. The molecule has 1 aliphatic heterocycles. The Labute approximate surface area is 130 Å². The molecule has 1 fully saturated rings. The maximum Gasteiger partial charge on any atom is 0.260 e. The molecule has 0 atom stereocenters. The van der Waals surface area contributed by atoms with E-state index < -0.39 is 15.6 Å². The van der Waals surface area contributed by atoms with Crippen LogP contribution in [0.2, 0.25) is 0 Å². The average Bonchev–Trinajstić information content (AvgIpc) is 2.91. The topological polar surface area (TPSA) is 93.2 Å². The molecule has 3 N–H and O–H groups in total. The van der Waals surface area contributed by atoms with Crippen molar-refractivity contribution in [3.8, 4) is 0 Å². The van der Waals surface area contributed by atoms with Gasteiger partial charge in [-0.1, -0.05) is 12.2 Å². The van der Waals surface area contributed by atoms with Crippen LogP contribution in [0.3, 0.4) is 0 Å². The van der Waals surface area contributed by atoms with Gasteiger partial charge >= 0.3 is 0 Å². The molecular weight excluding hydrogens is 310 g/mol. The molecule has 0 amide bonds. The van der Waals surface area contributed by atoms with E-state index in [-0.39, 0.29) is 10.0 Å². The van der Waals surface area contributed by atoms with Gasteiger partial charge in [-0.3, -0.25) is 0 Å². The summed E-state index contributed by atoms with van der Waals surface area (Å²) in [5.74, 6) is 0. The number of aryl methyl sites for hydroxylation is 1. The molecule has 0 spiro atoms. The minimum Gasteiger partial charge on any atom is -0.392 e. The van der Waals surface area contributed by atoms with Gasteiger partial charge in [0.2, 0.25) is 0 Å². The third kappa shape index (κ3) is 3.42. The van der Waals surface area contributed by atoms with Crippen LogP contribution < -0.4 is 10.5 Å². The summed E-state index contributed by atoms with van der Waals surface area (Å²) in [4.78, 5) is 6.26. The lowest BCUT2D eigenvalue weighted by molar-refractivity contribution is 0.220. The van der Waals surface area contributed by atoms with Crippen molar-refractivity contribution in [2.75, 3.05) is 20.1 Å². The van der Waals surface area contributed by atoms with E-state index >= 15 is 0 Å². The van der Waals surface area contributed by atoms with Gasteiger partial charge in [-0.2, -0.15) is 4.72 Å². The van der Waals surface area contributed by atoms with Gasteiger partial charge in [-0.25, -0.2) is 13.4 Å². The van der Waals surface area contributed by atoms with Gasteiger partial charge in [-0.05, 0) is 26.8 Å². The van der Waals surface area contributed by atoms with Crippen molar-refractivity contribution in [3.63, 3.8) is 0 Å². The second kappa shape index (κ2) is 5.99. The molecule has 7 nitrogen and oxygen atoms in total. The van der Waals surface area contributed by atoms with E-state index in [4.69, 9.17) is 18.0 Å². The normalized spacial score (nSPS) is 19.5. The number of rotatable bonds is 5. The number of nitrogens with two attached hydrogens (primary N) is 1. The molecule has 9 heteroatoms. The van der Waals surface area contributed by atoms with Crippen molar-refractivity contribution in [2.45, 2.75) is 36.9 Å². The first-order valence-corrected chi connectivity index (χ1v) is 8.72. The Balaban J connectivity index is 2.26. The number of nitrogens with one attached hydrogen (secondary N) is 1. The number of sulfonamides is 1. The number of thiocarbonyl (C=S) groups is 1. The van der Waals surface area contributed by atoms with Gasteiger partial charge < -0.3 is 15.2 Å². The van der Waals surface area contributed by atoms with E-state index in [9.17, 15) is 8.42 Å².